The lowest BCUT2D eigenvalue weighted by Crippen LogP contribution is -2.20. The Morgan fingerprint density at radius 2 is 2.38 bits per heavy atom. The van der Waals surface area contributed by atoms with Gasteiger partial charge in [-0.1, -0.05) is 0 Å². The van der Waals surface area contributed by atoms with Gasteiger partial charge in [-0.2, -0.15) is 5.26 Å². The molecule has 68 valence electrons. The standard InChI is InChI=1S/C9H11N3O/c10-3-1-4-12-5-2-8(7-11)6-9(12)13/h2,5-6H,1,3-4,10H2. The van der Waals surface area contributed by atoms with Crippen LogP contribution in [-0.2, 0) is 6.54 Å². The fourth-order valence-electron chi connectivity index (χ4n) is 1.02. The fraction of sp³-hybridized carbons (Fsp3) is 0.333. The number of hydrogen-bond donors (Lipinski definition) is 1. The lowest BCUT2D eigenvalue weighted by atomic mass is 10.3. The lowest BCUT2D eigenvalue weighted by molar-refractivity contribution is 0.629. The van der Waals surface area contributed by atoms with E-state index in [1.807, 2.05) is 6.07 Å². The SMILES string of the molecule is N#Cc1ccn(CCCN)c(=O)c1. The van der Waals surface area contributed by atoms with Crippen molar-refractivity contribution in [3.63, 3.8) is 0 Å². The van der Waals surface area contributed by atoms with Crippen molar-refractivity contribution >= 4 is 0 Å². The average Bonchev–Trinajstić information content (AvgIpc) is 2.16. The van der Waals surface area contributed by atoms with Crippen molar-refractivity contribution in [2.24, 2.45) is 5.73 Å². The highest BCUT2D eigenvalue weighted by Crippen LogP contribution is 1.92. The van der Waals surface area contributed by atoms with Crippen molar-refractivity contribution in [2.75, 3.05) is 6.54 Å². The minimum Gasteiger partial charge on any atom is -0.330 e. The third-order valence-corrected chi connectivity index (χ3v) is 1.73. The summed E-state index contributed by atoms with van der Waals surface area (Å²) >= 11 is 0. The van der Waals surface area contributed by atoms with E-state index in [0.29, 0.717) is 18.7 Å². The zero-order chi connectivity index (χ0) is 9.68. The molecule has 0 radical (unpaired) electrons. The van der Waals surface area contributed by atoms with E-state index < -0.39 is 0 Å². The Bertz CT molecular complexity index is 375. The highest BCUT2D eigenvalue weighted by atomic mass is 16.1. The first-order chi connectivity index (χ1) is 6.27. The predicted octanol–water partition coefficient (Wildman–Crippen LogP) is 0.0688. The normalized spacial score (nSPS) is 9.54. The van der Waals surface area contributed by atoms with Crippen molar-refractivity contribution in [2.45, 2.75) is 13.0 Å². The van der Waals surface area contributed by atoms with Crippen LogP contribution in [0.3, 0.4) is 0 Å². The van der Waals surface area contributed by atoms with Crippen LogP contribution in [0.25, 0.3) is 0 Å². The van der Waals surface area contributed by atoms with Crippen molar-refractivity contribution in [1.82, 2.24) is 4.57 Å². The first-order valence-corrected chi connectivity index (χ1v) is 4.08. The van der Waals surface area contributed by atoms with E-state index in [2.05, 4.69) is 0 Å². The average molecular weight is 177 g/mol. The minimum atomic E-state index is -0.146. The zero-order valence-electron chi connectivity index (χ0n) is 7.23. The highest BCUT2D eigenvalue weighted by Gasteiger charge is 1.96. The van der Waals surface area contributed by atoms with Crippen LogP contribution in [0.2, 0.25) is 0 Å². The zero-order valence-corrected chi connectivity index (χ0v) is 7.23. The summed E-state index contributed by atoms with van der Waals surface area (Å²) in [6.45, 7) is 1.17. The molecule has 0 aliphatic carbocycles. The third kappa shape index (κ3) is 2.42. The van der Waals surface area contributed by atoms with Crippen molar-refractivity contribution in [3.8, 4) is 6.07 Å². The molecule has 1 aromatic rings. The Morgan fingerprint density at radius 1 is 1.62 bits per heavy atom. The topological polar surface area (TPSA) is 71.8 Å². The smallest absolute Gasteiger partial charge is 0.251 e. The summed E-state index contributed by atoms with van der Waals surface area (Å²) < 4.78 is 1.55. The molecule has 2 N–H and O–H groups in total. The number of nitriles is 1. The Kier molecular flexibility index (Phi) is 3.23. The molecule has 0 fully saturated rings. The quantitative estimate of drug-likeness (QED) is 0.710. The number of nitrogens with zero attached hydrogens (tertiary/aromatic N) is 2. The van der Waals surface area contributed by atoms with Gasteiger partial charge in [0.25, 0.3) is 5.56 Å². The van der Waals surface area contributed by atoms with Crippen LogP contribution in [0, 0.1) is 11.3 Å². The molecule has 1 rings (SSSR count). The molecular weight excluding hydrogens is 166 g/mol. The van der Waals surface area contributed by atoms with Gasteiger partial charge in [-0.05, 0) is 19.0 Å². The summed E-state index contributed by atoms with van der Waals surface area (Å²) in [5.74, 6) is 0. The maximum atomic E-state index is 11.3. The monoisotopic (exact) mass is 177 g/mol. The predicted molar refractivity (Wildman–Crippen MR) is 49.1 cm³/mol. The molecular formula is C9H11N3O. The van der Waals surface area contributed by atoms with Gasteiger partial charge in [0.2, 0.25) is 0 Å². The molecule has 0 aliphatic heterocycles. The second-order valence-corrected chi connectivity index (χ2v) is 2.70. The van der Waals surface area contributed by atoms with Gasteiger partial charge in [-0.25, -0.2) is 0 Å². The van der Waals surface area contributed by atoms with Gasteiger partial charge in [0.1, 0.15) is 0 Å². The molecule has 1 heterocycles. The maximum Gasteiger partial charge on any atom is 0.251 e. The van der Waals surface area contributed by atoms with Crippen LogP contribution >= 0.6 is 0 Å². The number of pyridine rings is 1. The van der Waals surface area contributed by atoms with Crippen molar-refractivity contribution in [1.29, 1.82) is 5.26 Å². The van der Waals surface area contributed by atoms with Crippen molar-refractivity contribution in [3.05, 3.63) is 34.2 Å². The Balaban J connectivity index is 2.88. The minimum absolute atomic E-state index is 0.146. The molecule has 0 saturated heterocycles. The summed E-state index contributed by atoms with van der Waals surface area (Å²) in [7, 11) is 0. The summed E-state index contributed by atoms with van der Waals surface area (Å²) in [4.78, 5) is 11.3. The summed E-state index contributed by atoms with van der Waals surface area (Å²) in [5.41, 5.74) is 5.57. The van der Waals surface area contributed by atoms with E-state index in [0.717, 1.165) is 6.42 Å². The van der Waals surface area contributed by atoms with Gasteiger partial charge in [-0.15, -0.1) is 0 Å². The molecule has 0 aliphatic rings. The molecule has 0 saturated carbocycles. The van der Waals surface area contributed by atoms with Gasteiger partial charge in [0.15, 0.2) is 0 Å². The highest BCUT2D eigenvalue weighted by molar-refractivity contribution is 5.25. The molecule has 0 amide bonds. The fourth-order valence-corrected chi connectivity index (χ4v) is 1.02. The van der Waals surface area contributed by atoms with Gasteiger partial charge >= 0.3 is 0 Å². The third-order valence-electron chi connectivity index (χ3n) is 1.73. The first-order valence-electron chi connectivity index (χ1n) is 4.08. The van der Waals surface area contributed by atoms with Gasteiger partial charge in [0.05, 0.1) is 11.6 Å². The first kappa shape index (κ1) is 9.49. The molecule has 0 aromatic carbocycles. The molecule has 1 aromatic heterocycles. The van der Waals surface area contributed by atoms with E-state index >= 15 is 0 Å². The Hall–Kier alpha value is -1.60. The second-order valence-electron chi connectivity index (χ2n) is 2.70. The van der Waals surface area contributed by atoms with Crippen molar-refractivity contribution < 1.29 is 0 Å². The molecule has 0 bridgehead atoms. The molecule has 0 spiro atoms. The maximum absolute atomic E-state index is 11.3. The lowest BCUT2D eigenvalue weighted by Gasteiger charge is -2.02. The number of rotatable bonds is 3. The molecule has 4 heteroatoms. The van der Waals surface area contributed by atoms with Crippen LogP contribution in [-0.4, -0.2) is 11.1 Å². The van der Waals surface area contributed by atoms with E-state index in [1.54, 1.807) is 16.8 Å². The summed E-state index contributed by atoms with van der Waals surface area (Å²) in [5, 5.41) is 8.51. The van der Waals surface area contributed by atoms with E-state index in [9.17, 15) is 4.79 Å². The van der Waals surface area contributed by atoms with E-state index in [4.69, 9.17) is 11.0 Å². The molecule has 0 unspecified atom stereocenters. The van der Waals surface area contributed by atoms with Gasteiger partial charge in [0, 0.05) is 18.8 Å². The molecule has 0 atom stereocenters. The van der Waals surface area contributed by atoms with Crippen LogP contribution in [0.15, 0.2) is 23.1 Å². The Morgan fingerprint density at radius 3 is 2.92 bits per heavy atom. The van der Waals surface area contributed by atoms with Gasteiger partial charge in [-0.3, -0.25) is 4.79 Å². The number of aryl methyl sites for hydroxylation is 1. The summed E-state index contributed by atoms with van der Waals surface area (Å²) in [6, 6.07) is 4.87. The van der Waals surface area contributed by atoms with E-state index in [1.165, 1.54) is 6.07 Å². The van der Waals surface area contributed by atoms with Crippen LogP contribution in [0.4, 0.5) is 0 Å². The molecule has 4 nitrogen and oxygen atoms in total. The van der Waals surface area contributed by atoms with E-state index in [-0.39, 0.29) is 5.56 Å². The van der Waals surface area contributed by atoms with Crippen LogP contribution < -0.4 is 11.3 Å². The number of nitrogens with two attached hydrogens (primary N) is 1. The van der Waals surface area contributed by atoms with Crippen LogP contribution in [0.1, 0.15) is 12.0 Å². The number of hydrogen-bond acceptors (Lipinski definition) is 3. The number of aromatic nitrogens is 1. The second kappa shape index (κ2) is 4.43. The Labute approximate surface area is 76.2 Å². The largest absolute Gasteiger partial charge is 0.330 e. The summed E-state index contributed by atoms with van der Waals surface area (Å²) in [6.07, 6.45) is 2.39. The van der Waals surface area contributed by atoms with Gasteiger partial charge < -0.3 is 10.3 Å². The van der Waals surface area contributed by atoms with Crippen LogP contribution in [0.5, 0.6) is 0 Å². The molecule has 13 heavy (non-hydrogen) atoms.